The van der Waals surface area contributed by atoms with E-state index in [4.69, 9.17) is 5.73 Å². The van der Waals surface area contributed by atoms with Crippen LogP contribution in [0.1, 0.15) is 38.7 Å². The maximum absolute atomic E-state index is 12.5. The lowest BCUT2D eigenvalue weighted by molar-refractivity contribution is -0.122. The van der Waals surface area contributed by atoms with Gasteiger partial charge in [0.25, 0.3) is 0 Å². The van der Waals surface area contributed by atoms with Crippen molar-refractivity contribution in [2.45, 2.75) is 44.6 Å². The van der Waals surface area contributed by atoms with Gasteiger partial charge in [0.05, 0.1) is 5.41 Å². The largest absolute Gasteiger partial charge is 0.369 e. The molecular formula is C19H28N4O2. The maximum atomic E-state index is 12.5. The Morgan fingerprint density at radius 1 is 1.12 bits per heavy atom. The summed E-state index contributed by atoms with van der Waals surface area (Å²) in [6, 6.07) is 7.79. The summed E-state index contributed by atoms with van der Waals surface area (Å²) in [6.07, 6.45) is 3.60. The molecule has 2 aliphatic rings. The lowest BCUT2D eigenvalue weighted by atomic mass is 9.84. The lowest BCUT2D eigenvalue weighted by Crippen LogP contribution is -2.38. The molecule has 1 aromatic carbocycles. The van der Waals surface area contributed by atoms with E-state index >= 15 is 0 Å². The van der Waals surface area contributed by atoms with Crippen LogP contribution in [-0.2, 0) is 10.2 Å². The summed E-state index contributed by atoms with van der Waals surface area (Å²) in [4.78, 5) is 28.4. The highest BCUT2D eigenvalue weighted by Gasteiger charge is 2.31. The minimum Gasteiger partial charge on any atom is -0.369 e. The molecule has 3 rings (SSSR count). The molecule has 2 heterocycles. The number of likely N-dealkylation sites (tertiary alicyclic amines) is 2. The van der Waals surface area contributed by atoms with Crippen LogP contribution in [0, 0.1) is 0 Å². The molecule has 3 N–H and O–H groups in total. The van der Waals surface area contributed by atoms with E-state index in [0.29, 0.717) is 6.04 Å². The first kappa shape index (κ1) is 17.7. The molecule has 0 aliphatic carbocycles. The van der Waals surface area contributed by atoms with Gasteiger partial charge >= 0.3 is 6.03 Å². The van der Waals surface area contributed by atoms with Crippen molar-refractivity contribution in [1.82, 2.24) is 9.80 Å². The minimum atomic E-state index is -0.722. The Morgan fingerprint density at radius 2 is 1.76 bits per heavy atom. The molecule has 0 spiro atoms. The van der Waals surface area contributed by atoms with Gasteiger partial charge in [0.15, 0.2) is 0 Å². The molecule has 3 amide bonds. The normalized spacial score (nSPS) is 21.5. The zero-order chi connectivity index (χ0) is 18.0. The number of hydrogen-bond acceptors (Lipinski definition) is 3. The second-order valence-electron chi connectivity index (χ2n) is 7.63. The van der Waals surface area contributed by atoms with Crippen LogP contribution in [0.3, 0.4) is 0 Å². The monoisotopic (exact) mass is 344 g/mol. The smallest absolute Gasteiger partial charge is 0.321 e. The fourth-order valence-corrected chi connectivity index (χ4v) is 3.65. The summed E-state index contributed by atoms with van der Waals surface area (Å²) in [5.41, 5.74) is 6.30. The number of anilines is 1. The van der Waals surface area contributed by atoms with Gasteiger partial charge in [0.1, 0.15) is 0 Å². The number of hydrogen-bond donors (Lipinski definition) is 2. The third kappa shape index (κ3) is 3.79. The molecule has 1 aromatic rings. The second-order valence-corrected chi connectivity index (χ2v) is 7.63. The van der Waals surface area contributed by atoms with Crippen molar-refractivity contribution in [3.63, 3.8) is 0 Å². The Labute approximate surface area is 149 Å². The topological polar surface area (TPSA) is 78.7 Å². The van der Waals surface area contributed by atoms with Crippen molar-refractivity contribution in [2.75, 3.05) is 31.5 Å². The van der Waals surface area contributed by atoms with E-state index in [1.54, 1.807) is 13.8 Å². The summed E-state index contributed by atoms with van der Waals surface area (Å²) >= 11 is 0. The van der Waals surface area contributed by atoms with Crippen molar-refractivity contribution in [3.8, 4) is 0 Å². The number of nitrogens with two attached hydrogens (primary N) is 1. The average molecular weight is 344 g/mol. The van der Waals surface area contributed by atoms with Gasteiger partial charge in [-0.05, 0) is 63.9 Å². The molecule has 2 fully saturated rings. The molecule has 25 heavy (non-hydrogen) atoms. The highest BCUT2D eigenvalue weighted by Crippen LogP contribution is 2.25. The molecule has 6 heteroatoms. The molecule has 1 unspecified atom stereocenters. The van der Waals surface area contributed by atoms with Crippen molar-refractivity contribution >= 4 is 17.6 Å². The van der Waals surface area contributed by atoms with E-state index in [1.807, 2.05) is 29.2 Å². The summed E-state index contributed by atoms with van der Waals surface area (Å²) < 4.78 is 0. The molecule has 136 valence electrons. The van der Waals surface area contributed by atoms with Crippen LogP contribution in [0.4, 0.5) is 10.5 Å². The molecule has 0 aromatic heterocycles. The van der Waals surface area contributed by atoms with Gasteiger partial charge < -0.3 is 16.0 Å². The van der Waals surface area contributed by atoms with E-state index in [-0.39, 0.29) is 11.9 Å². The standard InChI is InChI=1S/C19H28N4O2/c1-19(2,17(20)24)14-5-7-15(8-6-14)21-18(25)23-12-9-16(13-23)22-10-3-4-11-22/h5-8,16H,3-4,9-13H2,1-2H3,(H2,20,24)(H,21,25). The fraction of sp³-hybridized carbons (Fsp3) is 0.579. The Hall–Kier alpha value is -2.08. The number of nitrogens with one attached hydrogen (secondary N) is 1. The van der Waals surface area contributed by atoms with Crippen LogP contribution in [0.25, 0.3) is 0 Å². The molecule has 0 saturated carbocycles. The molecule has 6 nitrogen and oxygen atoms in total. The van der Waals surface area contributed by atoms with Crippen molar-refractivity contribution < 1.29 is 9.59 Å². The van der Waals surface area contributed by atoms with Gasteiger partial charge in [-0.2, -0.15) is 0 Å². The summed E-state index contributed by atoms with van der Waals surface area (Å²) in [5.74, 6) is -0.366. The molecule has 1 atom stereocenters. The van der Waals surface area contributed by atoms with E-state index < -0.39 is 5.41 Å². The number of rotatable bonds is 4. The van der Waals surface area contributed by atoms with E-state index in [1.165, 1.54) is 12.8 Å². The Morgan fingerprint density at radius 3 is 2.36 bits per heavy atom. The van der Waals surface area contributed by atoms with Gasteiger partial charge in [-0.25, -0.2) is 4.79 Å². The molecule has 2 aliphatic heterocycles. The lowest BCUT2D eigenvalue weighted by Gasteiger charge is -2.24. The third-order valence-corrected chi connectivity index (χ3v) is 5.58. The van der Waals surface area contributed by atoms with Crippen molar-refractivity contribution in [1.29, 1.82) is 0 Å². The molecule has 2 saturated heterocycles. The molecule has 0 bridgehead atoms. The SMILES string of the molecule is CC(C)(C(N)=O)c1ccc(NC(=O)N2CCC(N3CCCC3)C2)cc1. The number of carbonyl (C=O) groups excluding carboxylic acids is 2. The highest BCUT2D eigenvalue weighted by atomic mass is 16.2. The van der Waals surface area contributed by atoms with E-state index in [0.717, 1.165) is 43.9 Å². The van der Waals surface area contributed by atoms with Crippen LogP contribution in [0.5, 0.6) is 0 Å². The van der Waals surface area contributed by atoms with Crippen LogP contribution < -0.4 is 11.1 Å². The fourth-order valence-electron chi connectivity index (χ4n) is 3.65. The number of benzene rings is 1. The first-order valence-electron chi connectivity index (χ1n) is 9.08. The van der Waals surface area contributed by atoms with E-state index in [2.05, 4.69) is 10.2 Å². The van der Waals surface area contributed by atoms with E-state index in [9.17, 15) is 9.59 Å². The number of primary amides is 1. The van der Waals surface area contributed by atoms with Crippen LogP contribution in [0.2, 0.25) is 0 Å². The van der Waals surface area contributed by atoms with Crippen molar-refractivity contribution in [3.05, 3.63) is 29.8 Å². The first-order valence-corrected chi connectivity index (χ1v) is 9.08. The minimum absolute atomic E-state index is 0.0522. The maximum Gasteiger partial charge on any atom is 0.321 e. The number of amides is 3. The quantitative estimate of drug-likeness (QED) is 0.878. The predicted molar refractivity (Wildman–Crippen MR) is 98.5 cm³/mol. The number of urea groups is 1. The summed E-state index contributed by atoms with van der Waals surface area (Å²) in [7, 11) is 0. The zero-order valence-corrected chi connectivity index (χ0v) is 15.1. The van der Waals surface area contributed by atoms with Gasteiger partial charge in [0.2, 0.25) is 5.91 Å². The molecule has 0 radical (unpaired) electrons. The van der Waals surface area contributed by atoms with Crippen molar-refractivity contribution in [2.24, 2.45) is 5.73 Å². The number of nitrogens with zero attached hydrogens (tertiary/aromatic N) is 2. The van der Waals surface area contributed by atoms with Crippen LogP contribution in [0.15, 0.2) is 24.3 Å². The first-order chi connectivity index (χ1) is 11.9. The van der Waals surface area contributed by atoms with Gasteiger partial charge in [-0.3, -0.25) is 9.69 Å². The Kier molecular flexibility index (Phi) is 4.99. The van der Waals surface area contributed by atoms with Crippen LogP contribution >= 0.6 is 0 Å². The Balaban J connectivity index is 1.57. The zero-order valence-electron chi connectivity index (χ0n) is 15.1. The van der Waals surface area contributed by atoms with Gasteiger partial charge in [-0.1, -0.05) is 12.1 Å². The van der Waals surface area contributed by atoms with Gasteiger partial charge in [0, 0.05) is 24.8 Å². The molecular weight excluding hydrogens is 316 g/mol. The third-order valence-electron chi connectivity index (χ3n) is 5.58. The van der Waals surface area contributed by atoms with Crippen LogP contribution in [-0.4, -0.2) is 54.0 Å². The predicted octanol–water partition coefficient (Wildman–Crippen LogP) is 2.15. The Bertz CT molecular complexity index is 635. The second kappa shape index (κ2) is 7.04. The summed E-state index contributed by atoms with van der Waals surface area (Å²) in [6.45, 7) is 7.53. The highest BCUT2D eigenvalue weighted by molar-refractivity contribution is 5.90. The number of carbonyl (C=O) groups is 2. The van der Waals surface area contributed by atoms with Gasteiger partial charge in [-0.15, -0.1) is 0 Å². The summed E-state index contributed by atoms with van der Waals surface area (Å²) in [5, 5.41) is 2.96. The average Bonchev–Trinajstić information content (AvgIpc) is 3.26.